The minimum atomic E-state index is -3.83. The van der Waals surface area contributed by atoms with Crippen LogP contribution in [0, 0.1) is 28.6 Å². The number of amides is 4. The molecule has 0 radical (unpaired) electrons. The summed E-state index contributed by atoms with van der Waals surface area (Å²) in [4.78, 5) is 72.8. The maximum Gasteiger partial charge on any atom is 0.315 e. The van der Waals surface area contributed by atoms with Crippen LogP contribution in [-0.2, 0) is 29.0 Å². The van der Waals surface area contributed by atoms with Crippen LogP contribution in [0.25, 0.3) is 0 Å². The maximum atomic E-state index is 14.4. The Hall–Kier alpha value is -3.35. The first-order valence-corrected chi connectivity index (χ1v) is 19.4. The lowest BCUT2D eigenvalue weighted by molar-refractivity contribution is -0.145. The van der Waals surface area contributed by atoms with E-state index in [0.29, 0.717) is 25.8 Å². The summed E-state index contributed by atoms with van der Waals surface area (Å²) in [6, 6.07) is 1.21. The van der Waals surface area contributed by atoms with Crippen molar-refractivity contribution in [3.63, 3.8) is 0 Å². The Kier molecular flexibility index (Phi) is 10.4. The lowest BCUT2D eigenvalue weighted by Gasteiger charge is -2.40. The maximum absolute atomic E-state index is 14.4. The van der Waals surface area contributed by atoms with Gasteiger partial charge in [-0.2, -0.15) is 0 Å². The van der Waals surface area contributed by atoms with Crippen LogP contribution in [-0.4, -0.2) is 83.7 Å². The first kappa shape index (κ1) is 36.9. The zero-order valence-corrected chi connectivity index (χ0v) is 30.5. The highest BCUT2D eigenvalue weighted by molar-refractivity contribution is 7.91. The second-order valence-corrected chi connectivity index (χ2v) is 18.5. The number of likely N-dealkylation sites (tertiary alicyclic amines) is 1. The number of hydrogen-bond donors (Lipinski definition) is 3. The minimum Gasteiger partial charge on any atom is -0.344 e. The molecule has 12 nitrogen and oxygen atoms in total. The van der Waals surface area contributed by atoms with E-state index in [1.807, 2.05) is 20.8 Å². The number of urea groups is 1. The van der Waals surface area contributed by atoms with Crippen LogP contribution in [0.3, 0.4) is 0 Å². The zero-order chi connectivity index (χ0) is 35.9. The van der Waals surface area contributed by atoms with E-state index in [9.17, 15) is 32.4 Å². The van der Waals surface area contributed by atoms with Gasteiger partial charge < -0.3 is 20.9 Å². The van der Waals surface area contributed by atoms with Gasteiger partial charge in [-0.15, -0.1) is 0 Å². The summed E-state index contributed by atoms with van der Waals surface area (Å²) in [5.41, 5.74) is -2.00. The molecule has 1 aliphatic heterocycles. The number of pyridine rings is 1. The molecule has 4 fully saturated rings. The normalized spacial score (nSPS) is 25.6. The average Bonchev–Trinajstić information content (AvgIpc) is 3.31. The number of sulfone groups is 1. The summed E-state index contributed by atoms with van der Waals surface area (Å²) in [6.45, 7) is 11.1. The Labute approximate surface area is 290 Å². The van der Waals surface area contributed by atoms with E-state index in [1.165, 1.54) is 24.1 Å². The fraction of sp³-hybridized carbons (Fsp3) is 0.722. The summed E-state index contributed by atoms with van der Waals surface area (Å²) in [7, 11) is -3.83. The molecule has 270 valence electrons. The number of ketones is 2. The second-order valence-electron chi connectivity index (χ2n) is 16.6. The lowest BCUT2D eigenvalue weighted by atomic mass is 9.79. The smallest absolute Gasteiger partial charge is 0.315 e. The molecule has 13 heteroatoms. The van der Waals surface area contributed by atoms with Gasteiger partial charge in [-0.05, 0) is 60.0 Å². The van der Waals surface area contributed by atoms with Crippen molar-refractivity contribution >= 4 is 39.2 Å². The van der Waals surface area contributed by atoms with Crippen molar-refractivity contribution in [2.75, 3.05) is 12.3 Å². The van der Waals surface area contributed by atoms with E-state index < -0.39 is 68.3 Å². The van der Waals surface area contributed by atoms with E-state index in [4.69, 9.17) is 0 Å². The van der Waals surface area contributed by atoms with Crippen molar-refractivity contribution in [3.8, 4) is 0 Å². The number of carbonyl (C=O) groups is 5. The van der Waals surface area contributed by atoms with Gasteiger partial charge in [0.1, 0.15) is 12.1 Å². The number of nitrogens with one attached hydrogen (secondary N) is 3. The van der Waals surface area contributed by atoms with E-state index in [2.05, 4.69) is 34.8 Å². The Balaban J connectivity index is 1.35. The minimum absolute atomic E-state index is 0.0512. The molecule has 1 aromatic heterocycles. The molecule has 0 aromatic carbocycles. The molecule has 5 atom stereocenters. The van der Waals surface area contributed by atoms with Gasteiger partial charge >= 0.3 is 6.03 Å². The number of hydrogen-bond acceptors (Lipinski definition) is 8. The Bertz CT molecular complexity index is 1560. The summed E-state index contributed by atoms with van der Waals surface area (Å²) in [5, 5.41) is 8.66. The molecule has 1 saturated heterocycles. The Morgan fingerprint density at radius 2 is 1.67 bits per heavy atom. The van der Waals surface area contributed by atoms with Crippen LogP contribution in [0.1, 0.15) is 99.3 Å². The van der Waals surface area contributed by atoms with Crippen LogP contribution in [0.5, 0.6) is 0 Å². The molecule has 0 bridgehead atoms. The number of aromatic nitrogens is 1. The van der Waals surface area contributed by atoms with E-state index >= 15 is 0 Å². The zero-order valence-electron chi connectivity index (χ0n) is 29.7. The summed E-state index contributed by atoms with van der Waals surface area (Å²) < 4.78 is 26.8. The number of rotatable bonds is 12. The molecule has 5 rings (SSSR count). The van der Waals surface area contributed by atoms with Gasteiger partial charge in [0.05, 0.1) is 17.3 Å². The third-order valence-corrected chi connectivity index (χ3v) is 13.3. The van der Waals surface area contributed by atoms with Crippen molar-refractivity contribution in [2.24, 2.45) is 28.6 Å². The Morgan fingerprint density at radius 3 is 2.22 bits per heavy atom. The Morgan fingerprint density at radius 1 is 1.00 bits per heavy atom. The second kappa shape index (κ2) is 13.8. The summed E-state index contributed by atoms with van der Waals surface area (Å²) in [5.74, 6) is -2.23. The van der Waals surface area contributed by atoms with Gasteiger partial charge in [-0.1, -0.05) is 79.2 Å². The standard InChI is InChI=1S/C36H53N5O7S/c1-22(42)29(43)25(19-23-13-12-14-23)38-31(44)28-27-24(35(27,5)6)20-41(28)32(45)30(34(2,3)4)39-33(46)40-36(16-9-7-10-17-36)21-49(47,48)26-15-8-11-18-37-26/h8,11,15,18,23-25,27-28,30H,7,9-10,12-14,16-17,19-21H2,1-6H3,(H,38,44)(H2,39,40,46)/t24?,25?,27?,28-,30+/m0/s1. The molecule has 49 heavy (non-hydrogen) atoms. The van der Waals surface area contributed by atoms with Crippen LogP contribution in [0.4, 0.5) is 4.79 Å². The quantitative estimate of drug-likeness (QED) is 0.278. The van der Waals surface area contributed by atoms with Gasteiger partial charge in [0.25, 0.3) is 0 Å². The van der Waals surface area contributed by atoms with Crippen molar-refractivity contribution < 1.29 is 32.4 Å². The highest BCUT2D eigenvalue weighted by Gasteiger charge is 2.70. The fourth-order valence-corrected chi connectivity index (χ4v) is 10.1. The van der Waals surface area contributed by atoms with Crippen molar-refractivity contribution in [1.82, 2.24) is 25.8 Å². The molecular formula is C36H53N5O7S. The van der Waals surface area contributed by atoms with Crippen molar-refractivity contribution in [1.29, 1.82) is 0 Å². The van der Waals surface area contributed by atoms with Gasteiger partial charge in [-0.3, -0.25) is 19.2 Å². The van der Waals surface area contributed by atoms with Crippen LogP contribution < -0.4 is 16.0 Å². The van der Waals surface area contributed by atoms with E-state index in [1.54, 1.807) is 12.1 Å². The largest absolute Gasteiger partial charge is 0.344 e. The number of Topliss-reactive ketones (excluding diaryl/α,β-unsaturated/α-hetero) is 2. The first-order chi connectivity index (χ1) is 22.9. The topological polar surface area (TPSA) is 172 Å². The SMILES string of the molecule is CC(=O)C(=O)C(CC1CCC1)NC(=O)[C@@H]1C2C(CN1C(=O)[C@@H](NC(=O)NC1(CS(=O)(=O)c3ccccn3)CCCCC1)C(C)(C)C)C2(C)C. The van der Waals surface area contributed by atoms with Crippen molar-refractivity contribution in [2.45, 2.75) is 128 Å². The fourth-order valence-electron chi connectivity index (χ4n) is 8.33. The molecule has 4 amide bonds. The predicted molar refractivity (Wildman–Crippen MR) is 183 cm³/mol. The predicted octanol–water partition coefficient (Wildman–Crippen LogP) is 3.59. The van der Waals surface area contributed by atoms with E-state index in [0.717, 1.165) is 38.5 Å². The number of nitrogens with zero attached hydrogens (tertiary/aromatic N) is 2. The summed E-state index contributed by atoms with van der Waals surface area (Å²) >= 11 is 0. The first-order valence-electron chi connectivity index (χ1n) is 17.7. The molecule has 4 aliphatic rings. The molecule has 0 spiro atoms. The number of fused-ring (bicyclic) bond motifs is 1. The number of piperidine rings is 1. The monoisotopic (exact) mass is 699 g/mol. The molecule has 3 N–H and O–H groups in total. The molecule has 3 aliphatic carbocycles. The highest BCUT2D eigenvalue weighted by atomic mass is 32.2. The van der Waals surface area contributed by atoms with Gasteiger partial charge in [0.15, 0.2) is 20.6 Å². The molecular weight excluding hydrogens is 646 g/mol. The average molecular weight is 700 g/mol. The summed E-state index contributed by atoms with van der Waals surface area (Å²) in [6.07, 6.45) is 8.11. The van der Waals surface area contributed by atoms with Crippen LogP contribution in [0.15, 0.2) is 29.4 Å². The third-order valence-electron chi connectivity index (χ3n) is 11.5. The molecule has 3 unspecified atom stereocenters. The van der Waals surface area contributed by atoms with Gasteiger partial charge in [0.2, 0.25) is 17.6 Å². The molecule has 3 saturated carbocycles. The highest BCUT2D eigenvalue weighted by Crippen LogP contribution is 2.65. The van der Waals surface area contributed by atoms with Crippen LogP contribution >= 0.6 is 0 Å². The number of carbonyl (C=O) groups excluding carboxylic acids is 5. The third kappa shape index (κ3) is 7.86. The van der Waals surface area contributed by atoms with Crippen molar-refractivity contribution in [3.05, 3.63) is 24.4 Å². The van der Waals surface area contributed by atoms with Crippen LogP contribution in [0.2, 0.25) is 0 Å². The lowest BCUT2D eigenvalue weighted by Crippen LogP contribution is -2.63. The van der Waals surface area contributed by atoms with E-state index in [-0.39, 0.29) is 33.9 Å². The molecule has 1 aromatic rings. The molecule has 2 heterocycles. The van der Waals surface area contributed by atoms with Gasteiger partial charge in [0, 0.05) is 19.7 Å². The van der Waals surface area contributed by atoms with Gasteiger partial charge in [-0.25, -0.2) is 18.2 Å².